The molecule has 55 heavy (non-hydrogen) atoms. The third-order valence-corrected chi connectivity index (χ3v) is 10.5. The number of nitrogens with one attached hydrogen (secondary N) is 2. The highest BCUT2D eigenvalue weighted by atomic mass is 19.4. The number of unbranched alkanes of at least 4 members (excludes halogenated alkanes) is 4. The van der Waals surface area contributed by atoms with E-state index in [1.807, 2.05) is 0 Å². The van der Waals surface area contributed by atoms with E-state index in [4.69, 9.17) is 19.0 Å². The minimum atomic E-state index is -4.67. The van der Waals surface area contributed by atoms with Gasteiger partial charge in [0.2, 0.25) is 11.8 Å². The molecular formula is C38H52F3N3O11. The predicted octanol–water partition coefficient (Wildman–Crippen LogP) is 3.22. The highest BCUT2D eigenvalue weighted by molar-refractivity contribution is 5.96. The first-order valence-corrected chi connectivity index (χ1v) is 19.0. The second-order valence-corrected chi connectivity index (χ2v) is 14.7. The number of alkyl halides is 3. The molecule has 0 aromatic heterocycles. The van der Waals surface area contributed by atoms with Gasteiger partial charge in [-0.2, -0.15) is 18.2 Å². The van der Waals surface area contributed by atoms with Crippen LogP contribution in [0, 0.1) is 5.41 Å². The van der Waals surface area contributed by atoms with Gasteiger partial charge < -0.3 is 39.8 Å². The lowest BCUT2D eigenvalue weighted by atomic mass is 9.62. The third-order valence-electron chi connectivity index (χ3n) is 10.5. The number of ether oxygens (including phenoxy) is 4. The molecule has 3 heterocycles. The van der Waals surface area contributed by atoms with Crippen molar-refractivity contribution < 1.29 is 66.3 Å². The summed E-state index contributed by atoms with van der Waals surface area (Å²) in [5.41, 5.74) is -0.687. The second-order valence-electron chi connectivity index (χ2n) is 14.7. The summed E-state index contributed by atoms with van der Waals surface area (Å²) in [5.74, 6) is -4.42. The van der Waals surface area contributed by atoms with Crippen molar-refractivity contribution in [2.75, 3.05) is 19.8 Å². The van der Waals surface area contributed by atoms with Crippen molar-refractivity contribution in [2.45, 2.75) is 140 Å². The van der Waals surface area contributed by atoms with Gasteiger partial charge in [0.25, 0.3) is 0 Å². The zero-order valence-electron chi connectivity index (χ0n) is 31.3. The lowest BCUT2D eigenvalue weighted by molar-refractivity contribution is -0.224. The number of aliphatic hydroxyl groups excluding tert-OH is 2. The number of hydrogen-bond donors (Lipinski definition) is 4. The Morgan fingerprint density at radius 1 is 1.09 bits per heavy atom. The Morgan fingerprint density at radius 2 is 1.78 bits per heavy atom. The fourth-order valence-electron chi connectivity index (χ4n) is 8.01. The maximum atomic E-state index is 14.7. The summed E-state index contributed by atoms with van der Waals surface area (Å²) >= 11 is 0. The zero-order valence-corrected chi connectivity index (χ0v) is 31.3. The van der Waals surface area contributed by atoms with E-state index >= 15 is 0 Å². The minimum Gasteiger partial charge on any atom is -0.458 e. The van der Waals surface area contributed by atoms with Crippen molar-refractivity contribution in [2.24, 2.45) is 5.41 Å². The minimum absolute atomic E-state index is 0.0332. The first kappa shape index (κ1) is 42.5. The van der Waals surface area contributed by atoms with Crippen LogP contribution in [0.15, 0.2) is 30.3 Å². The SMILES string of the molecule is CCCCCC1(CCCCC)O[C@@H]2[C@H](O1)[C@H]1ON(Cc3cccc(C=CC(=O)OCC(F)(F)F)c3)[C@@H]3C(=O)O[C@@H]2C[C@]13C(=O)N[C@@H](C(=O)NCCO)[C@H](C)O. The maximum absolute atomic E-state index is 14.7. The molecule has 0 spiro atoms. The molecule has 306 valence electrons. The molecule has 17 heteroatoms. The number of nitrogens with zero attached hydrogens (tertiary/aromatic N) is 1. The van der Waals surface area contributed by atoms with Gasteiger partial charge >= 0.3 is 18.1 Å². The van der Waals surface area contributed by atoms with Gasteiger partial charge in [-0.25, -0.2) is 4.79 Å². The fraction of sp³-hybridized carbons (Fsp3) is 0.684. The Kier molecular flexibility index (Phi) is 14.0. The molecule has 1 saturated carbocycles. The van der Waals surface area contributed by atoms with Crippen molar-refractivity contribution in [1.29, 1.82) is 0 Å². The summed E-state index contributed by atoms with van der Waals surface area (Å²) in [6, 6.07) is 3.80. The van der Waals surface area contributed by atoms with Gasteiger partial charge in [0, 0.05) is 31.9 Å². The summed E-state index contributed by atoms with van der Waals surface area (Å²) in [4.78, 5) is 60.4. The summed E-state index contributed by atoms with van der Waals surface area (Å²) in [6.07, 6.45) is -0.878. The van der Waals surface area contributed by atoms with Crippen LogP contribution < -0.4 is 10.6 Å². The molecule has 5 rings (SSSR count). The third kappa shape index (κ3) is 9.68. The molecule has 2 amide bonds. The molecule has 3 saturated heterocycles. The Labute approximate surface area is 318 Å². The van der Waals surface area contributed by atoms with E-state index in [9.17, 15) is 42.6 Å². The van der Waals surface area contributed by atoms with Gasteiger partial charge in [-0.3, -0.25) is 19.2 Å². The molecule has 1 aromatic rings. The van der Waals surface area contributed by atoms with Crippen molar-refractivity contribution in [3.05, 3.63) is 41.5 Å². The van der Waals surface area contributed by atoms with Crippen molar-refractivity contribution in [3.63, 3.8) is 0 Å². The van der Waals surface area contributed by atoms with Crippen molar-refractivity contribution >= 4 is 29.8 Å². The molecule has 8 atom stereocenters. The van der Waals surface area contributed by atoms with Gasteiger partial charge in [0.05, 0.1) is 19.3 Å². The molecule has 4 aliphatic rings. The van der Waals surface area contributed by atoms with Gasteiger partial charge in [-0.05, 0) is 37.0 Å². The van der Waals surface area contributed by atoms with Gasteiger partial charge in [-0.1, -0.05) is 63.8 Å². The van der Waals surface area contributed by atoms with E-state index in [2.05, 4.69) is 29.2 Å². The number of rotatable bonds is 19. The number of hydrogen-bond acceptors (Lipinski definition) is 12. The number of amides is 2. The quantitative estimate of drug-likeness (QED) is 0.0916. The summed E-state index contributed by atoms with van der Waals surface area (Å²) in [7, 11) is 0. The Bertz CT molecular complexity index is 1550. The highest BCUT2D eigenvalue weighted by Crippen LogP contribution is 2.58. The molecule has 0 radical (unpaired) electrons. The summed E-state index contributed by atoms with van der Waals surface area (Å²) < 4.78 is 61.3. The van der Waals surface area contributed by atoms with Crippen LogP contribution >= 0.6 is 0 Å². The largest absolute Gasteiger partial charge is 0.458 e. The van der Waals surface area contributed by atoms with Crippen LogP contribution in [0.5, 0.6) is 0 Å². The number of halogens is 3. The van der Waals surface area contributed by atoms with Crippen LogP contribution in [0.3, 0.4) is 0 Å². The Morgan fingerprint density at radius 3 is 2.42 bits per heavy atom. The molecular weight excluding hydrogens is 731 g/mol. The van der Waals surface area contributed by atoms with E-state index in [1.54, 1.807) is 24.3 Å². The lowest BCUT2D eigenvalue weighted by Crippen LogP contribution is -2.71. The predicted molar refractivity (Wildman–Crippen MR) is 188 cm³/mol. The van der Waals surface area contributed by atoms with E-state index in [0.29, 0.717) is 24.0 Å². The number of fused-ring (bicyclic) bond motifs is 4. The zero-order chi connectivity index (χ0) is 40.0. The number of esters is 2. The molecule has 14 nitrogen and oxygen atoms in total. The highest BCUT2D eigenvalue weighted by Gasteiger charge is 2.76. The van der Waals surface area contributed by atoms with Crippen molar-refractivity contribution in [3.8, 4) is 0 Å². The average Bonchev–Trinajstić information content (AvgIpc) is 3.69. The van der Waals surface area contributed by atoms with E-state index in [-0.39, 0.29) is 26.1 Å². The molecule has 4 fully saturated rings. The average molecular weight is 784 g/mol. The Hall–Kier alpha value is -3.61. The van der Waals surface area contributed by atoms with Gasteiger partial charge in [0.1, 0.15) is 35.9 Å². The number of carbonyl (C=O) groups excluding carboxylic acids is 4. The fourth-order valence-corrected chi connectivity index (χ4v) is 8.01. The number of benzene rings is 1. The van der Waals surface area contributed by atoms with Crippen LogP contribution in [-0.4, -0.2) is 113 Å². The molecule has 0 unspecified atom stereocenters. The molecule has 1 aromatic carbocycles. The smallest absolute Gasteiger partial charge is 0.422 e. The number of carbonyl (C=O) groups is 4. The van der Waals surface area contributed by atoms with E-state index in [0.717, 1.165) is 44.6 Å². The van der Waals surface area contributed by atoms with E-state index in [1.165, 1.54) is 18.1 Å². The van der Waals surface area contributed by atoms with Crippen LogP contribution in [-0.2, 0) is 49.5 Å². The second kappa shape index (κ2) is 18.1. The molecule has 3 aliphatic heterocycles. The lowest BCUT2D eigenvalue weighted by Gasteiger charge is -2.49. The Balaban J connectivity index is 1.48. The first-order valence-electron chi connectivity index (χ1n) is 19.0. The monoisotopic (exact) mass is 783 g/mol. The normalized spacial score (nSPS) is 28.0. The standard InChI is InChI=1S/C38H52F3N3O11/c1-4-6-8-15-36(16-9-7-5-2)53-29-26-20-37(35(50)43-28(23(3)46)33(48)42-17-18-45)31(34(49)52-26)44(55-32(37)30(29)54-36)21-25-12-10-11-24(19-25)13-14-27(47)51-22-38(39,40)41/h10-14,19,23,26,28-32,45-46H,4-9,15-18,20-22H2,1-3H3,(H,42,48)(H,43,50)/t23-,26+,28+,29-,30-,31+,32+,37+/m0/s1. The van der Waals surface area contributed by atoms with Crippen molar-refractivity contribution in [1.82, 2.24) is 15.7 Å². The molecule has 2 bridgehead atoms. The van der Waals surface area contributed by atoms with Gasteiger partial charge in [0.15, 0.2) is 18.4 Å². The number of hydroxylamine groups is 2. The number of aliphatic hydroxyl groups is 2. The van der Waals surface area contributed by atoms with Crippen LogP contribution in [0.25, 0.3) is 6.08 Å². The maximum Gasteiger partial charge on any atom is 0.422 e. The van der Waals surface area contributed by atoms with Crippen LogP contribution in [0.4, 0.5) is 13.2 Å². The summed E-state index contributed by atoms with van der Waals surface area (Å²) in [5, 5.41) is 26.3. The van der Waals surface area contributed by atoms with Gasteiger partial charge in [-0.15, -0.1) is 0 Å². The van der Waals surface area contributed by atoms with Crippen LogP contribution in [0.1, 0.15) is 89.7 Å². The molecule has 1 aliphatic carbocycles. The topological polar surface area (TPSA) is 182 Å². The van der Waals surface area contributed by atoms with Crippen LogP contribution in [0.2, 0.25) is 0 Å². The molecule has 4 N–H and O–H groups in total. The van der Waals surface area contributed by atoms with E-state index < -0.39 is 90.3 Å². The summed E-state index contributed by atoms with van der Waals surface area (Å²) in [6.45, 7) is 3.23. The first-order chi connectivity index (χ1) is 26.2.